The number of aromatic nitrogens is 1. The Labute approximate surface area is 98.9 Å². The lowest BCUT2D eigenvalue weighted by molar-refractivity contribution is 0.519. The fourth-order valence-electron chi connectivity index (χ4n) is 3.75. The van der Waals surface area contributed by atoms with Crippen LogP contribution in [0.25, 0.3) is 0 Å². The van der Waals surface area contributed by atoms with E-state index in [1.54, 1.807) is 22.5 Å². The maximum Gasteiger partial charge on any atom is 0.0279 e. The largest absolute Gasteiger partial charge is 0.346 e. The Morgan fingerprint density at radius 3 is 1.62 bits per heavy atom. The van der Waals surface area contributed by atoms with Gasteiger partial charge in [0.05, 0.1) is 0 Å². The average Bonchev–Trinajstić information content (AvgIpc) is 2.63. The highest BCUT2D eigenvalue weighted by Crippen LogP contribution is 2.36. The zero-order chi connectivity index (χ0) is 11.1. The topological polar surface area (TPSA) is 4.93 Å². The summed E-state index contributed by atoms with van der Waals surface area (Å²) >= 11 is 0. The van der Waals surface area contributed by atoms with Crippen LogP contribution in [0.15, 0.2) is 0 Å². The van der Waals surface area contributed by atoms with Gasteiger partial charge in [-0.15, -0.1) is 0 Å². The molecule has 0 amide bonds. The summed E-state index contributed by atoms with van der Waals surface area (Å²) in [4.78, 5) is 0. The van der Waals surface area contributed by atoms with Crippen LogP contribution in [-0.4, -0.2) is 4.57 Å². The van der Waals surface area contributed by atoms with Gasteiger partial charge in [-0.1, -0.05) is 0 Å². The van der Waals surface area contributed by atoms with E-state index in [2.05, 4.69) is 18.4 Å². The van der Waals surface area contributed by atoms with Crippen molar-refractivity contribution in [3.63, 3.8) is 0 Å². The second-order valence-corrected chi connectivity index (χ2v) is 5.73. The van der Waals surface area contributed by atoms with Gasteiger partial charge in [0.15, 0.2) is 0 Å². The van der Waals surface area contributed by atoms with Gasteiger partial charge in [0, 0.05) is 17.4 Å². The first-order valence-electron chi connectivity index (χ1n) is 7.02. The number of nitrogens with zero attached hydrogens (tertiary/aromatic N) is 1. The Morgan fingerprint density at radius 2 is 1.19 bits per heavy atom. The normalized spacial score (nSPS) is 19.7. The molecule has 0 atom stereocenters. The molecule has 0 aliphatic heterocycles. The minimum absolute atomic E-state index is 0.661. The van der Waals surface area contributed by atoms with E-state index in [1.165, 1.54) is 51.4 Å². The molecule has 1 heteroatoms. The fourth-order valence-corrected chi connectivity index (χ4v) is 3.75. The molecule has 16 heavy (non-hydrogen) atoms. The van der Waals surface area contributed by atoms with Crippen LogP contribution >= 0.6 is 0 Å². The average molecular weight is 217 g/mol. The van der Waals surface area contributed by atoms with E-state index in [4.69, 9.17) is 0 Å². The molecule has 0 unspecified atom stereocenters. The molecule has 1 nitrogen and oxygen atoms in total. The van der Waals surface area contributed by atoms with Crippen molar-refractivity contribution in [2.24, 2.45) is 0 Å². The van der Waals surface area contributed by atoms with Crippen molar-refractivity contribution in [2.75, 3.05) is 0 Å². The van der Waals surface area contributed by atoms with E-state index in [1.807, 2.05) is 0 Å². The third kappa shape index (κ3) is 1.44. The molecule has 0 saturated heterocycles. The summed E-state index contributed by atoms with van der Waals surface area (Å²) in [6, 6.07) is 0.661. The van der Waals surface area contributed by atoms with Crippen LogP contribution in [0.2, 0.25) is 0 Å². The Bertz CT molecular complexity index is 365. The summed E-state index contributed by atoms with van der Waals surface area (Å²) in [6.45, 7) is 4.70. The first-order chi connectivity index (χ1) is 7.79. The highest BCUT2D eigenvalue weighted by Gasteiger charge is 2.26. The number of rotatable bonds is 1. The standard InChI is InChI=1S/C15H23N/c1-11(2)16-14-9-5-3-7-12(14)13-8-4-6-10-15(13)16/h11H,3-10H2,1-2H3. The quantitative estimate of drug-likeness (QED) is 0.674. The fraction of sp³-hybridized carbons (Fsp3) is 0.733. The molecule has 2 aliphatic carbocycles. The zero-order valence-electron chi connectivity index (χ0n) is 10.7. The summed E-state index contributed by atoms with van der Waals surface area (Å²) in [5, 5.41) is 0. The van der Waals surface area contributed by atoms with Gasteiger partial charge in [-0.2, -0.15) is 0 Å². The minimum Gasteiger partial charge on any atom is -0.346 e. The van der Waals surface area contributed by atoms with Gasteiger partial charge in [0.25, 0.3) is 0 Å². The highest BCUT2D eigenvalue weighted by atomic mass is 15.0. The van der Waals surface area contributed by atoms with Gasteiger partial charge in [0.1, 0.15) is 0 Å². The Morgan fingerprint density at radius 1 is 0.750 bits per heavy atom. The second kappa shape index (κ2) is 3.94. The zero-order valence-corrected chi connectivity index (χ0v) is 10.7. The van der Waals surface area contributed by atoms with E-state index in [0.717, 1.165) is 0 Å². The maximum absolute atomic E-state index is 2.68. The van der Waals surface area contributed by atoms with E-state index < -0.39 is 0 Å². The Hall–Kier alpha value is -0.720. The molecule has 88 valence electrons. The SMILES string of the molecule is CC(C)n1c2c(c3c1CCCC3)CCCC2. The van der Waals surface area contributed by atoms with E-state index >= 15 is 0 Å². The van der Waals surface area contributed by atoms with E-state index in [0.29, 0.717) is 6.04 Å². The van der Waals surface area contributed by atoms with Crippen molar-refractivity contribution in [1.29, 1.82) is 0 Å². The number of hydrogen-bond donors (Lipinski definition) is 0. The smallest absolute Gasteiger partial charge is 0.0279 e. The predicted octanol–water partition coefficient (Wildman–Crippen LogP) is 3.83. The van der Waals surface area contributed by atoms with Gasteiger partial charge in [0.2, 0.25) is 0 Å². The van der Waals surface area contributed by atoms with Crippen molar-refractivity contribution in [2.45, 2.75) is 71.3 Å². The highest BCUT2D eigenvalue weighted by molar-refractivity contribution is 5.42. The van der Waals surface area contributed by atoms with Gasteiger partial charge in [-0.25, -0.2) is 0 Å². The van der Waals surface area contributed by atoms with Crippen molar-refractivity contribution >= 4 is 0 Å². The van der Waals surface area contributed by atoms with Crippen molar-refractivity contribution in [3.8, 4) is 0 Å². The second-order valence-electron chi connectivity index (χ2n) is 5.73. The third-order valence-corrected chi connectivity index (χ3v) is 4.34. The lowest BCUT2D eigenvalue weighted by atomic mass is 9.89. The number of hydrogen-bond acceptors (Lipinski definition) is 0. The summed E-state index contributed by atoms with van der Waals surface area (Å²) < 4.78 is 2.68. The van der Waals surface area contributed by atoms with E-state index in [-0.39, 0.29) is 0 Å². The van der Waals surface area contributed by atoms with Crippen LogP contribution in [0, 0.1) is 0 Å². The molecule has 0 saturated carbocycles. The van der Waals surface area contributed by atoms with Gasteiger partial charge in [-0.05, 0) is 76.3 Å². The van der Waals surface area contributed by atoms with Crippen LogP contribution in [0.1, 0.15) is 68.1 Å². The molecular weight excluding hydrogens is 194 g/mol. The first-order valence-corrected chi connectivity index (χ1v) is 7.02. The van der Waals surface area contributed by atoms with Crippen LogP contribution in [-0.2, 0) is 25.7 Å². The first kappa shape index (κ1) is 10.4. The van der Waals surface area contributed by atoms with Crippen LogP contribution in [0.5, 0.6) is 0 Å². The van der Waals surface area contributed by atoms with E-state index in [9.17, 15) is 0 Å². The van der Waals surface area contributed by atoms with Crippen molar-refractivity contribution in [1.82, 2.24) is 4.57 Å². The summed E-state index contributed by atoms with van der Waals surface area (Å²) in [7, 11) is 0. The van der Waals surface area contributed by atoms with Crippen molar-refractivity contribution < 1.29 is 0 Å². The van der Waals surface area contributed by atoms with Crippen LogP contribution in [0.3, 0.4) is 0 Å². The minimum atomic E-state index is 0.661. The molecule has 0 bridgehead atoms. The third-order valence-electron chi connectivity index (χ3n) is 4.34. The number of fused-ring (bicyclic) bond motifs is 3. The molecule has 2 aliphatic rings. The van der Waals surface area contributed by atoms with Crippen LogP contribution in [0.4, 0.5) is 0 Å². The van der Waals surface area contributed by atoms with Crippen LogP contribution < -0.4 is 0 Å². The molecule has 0 N–H and O–H groups in total. The molecule has 1 aromatic heterocycles. The van der Waals surface area contributed by atoms with Gasteiger partial charge < -0.3 is 4.57 Å². The molecule has 0 spiro atoms. The molecule has 1 aromatic rings. The maximum atomic E-state index is 2.68. The summed E-state index contributed by atoms with van der Waals surface area (Å²) in [5.74, 6) is 0. The molecule has 0 fully saturated rings. The predicted molar refractivity (Wildman–Crippen MR) is 68.1 cm³/mol. The molecule has 0 aromatic carbocycles. The molecule has 1 heterocycles. The lowest BCUT2D eigenvalue weighted by Crippen LogP contribution is -2.13. The summed E-state index contributed by atoms with van der Waals surface area (Å²) in [5.41, 5.74) is 6.92. The Kier molecular flexibility index (Phi) is 2.57. The monoisotopic (exact) mass is 217 g/mol. The molecule has 0 radical (unpaired) electrons. The lowest BCUT2D eigenvalue weighted by Gasteiger charge is -2.20. The van der Waals surface area contributed by atoms with Gasteiger partial charge in [-0.3, -0.25) is 0 Å². The molecular formula is C15H23N. The van der Waals surface area contributed by atoms with Gasteiger partial charge >= 0.3 is 0 Å². The van der Waals surface area contributed by atoms with Crippen molar-refractivity contribution in [3.05, 3.63) is 22.5 Å². The molecule has 3 rings (SSSR count). The summed E-state index contributed by atoms with van der Waals surface area (Å²) in [6.07, 6.45) is 11.0. The Balaban J connectivity index is 2.18.